The van der Waals surface area contributed by atoms with E-state index in [9.17, 15) is 14.7 Å². The molecule has 9 heteroatoms. The number of rotatable bonds is 17. The van der Waals surface area contributed by atoms with Crippen molar-refractivity contribution in [1.82, 2.24) is 4.90 Å². The van der Waals surface area contributed by atoms with Gasteiger partial charge in [0, 0.05) is 31.3 Å². The molecule has 2 amide bonds. The lowest BCUT2D eigenvalue weighted by Gasteiger charge is -2.23. The van der Waals surface area contributed by atoms with Gasteiger partial charge in [0.15, 0.2) is 6.10 Å². The molecule has 2 N–H and O–H groups in total. The number of carboxylic acid groups (broad SMARTS) is 1. The summed E-state index contributed by atoms with van der Waals surface area (Å²) in [4.78, 5) is 26.2. The summed E-state index contributed by atoms with van der Waals surface area (Å²) in [5.74, 6) is 1.13. The van der Waals surface area contributed by atoms with Gasteiger partial charge in [-0.05, 0) is 61.7 Å². The highest BCUT2D eigenvalue weighted by molar-refractivity contribution is 5.89. The fourth-order valence-electron chi connectivity index (χ4n) is 3.96. The highest BCUT2D eigenvalue weighted by Gasteiger charge is 2.18. The van der Waals surface area contributed by atoms with E-state index in [1.807, 2.05) is 60.7 Å². The molecule has 0 saturated heterocycles. The Morgan fingerprint density at radius 2 is 1.55 bits per heavy atom. The van der Waals surface area contributed by atoms with Crippen LogP contribution < -0.4 is 19.5 Å². The molecule has 0 aliphatic carbocycles. The van der Waals surface area contributed by atoms with Gasteiger partial charge in [0.25, 0.3) is 0 Å². The molecule has 214 valence electrons. The topological polar surface area (TPSA) is 107 Å². The number of para-hydroxylation sites is 1. The van der Waals surface area contributed by atoms with Crippen LogP contribution in [0.3, 0.4) is 0 Å². The minimum Gasteiger partial charge on any atom is -0.497 e. The third-order valence-corrected chi connectivity index (χ3v) is 6.06. The molecule has 0 bridgehead atoms. The number of hydrogen-bond donors (Lipinski definition) is 2. The molecular weight excluding hydrogens is 512 g/mol. The van der Waals surface area contributed by atoms with Crippen molar-refractivity contribution in [3.05, 3.63) is 84.4 Å². The molecule has 0 fully saturated rings. The van der Waals surface area contributed by atoms with Crippen LogP contribution in [0.2, 0.25) is 0 Å². The van der Waals surface area contributed by atoms with Crippen molar-refractivity contribution in [2.75, 3.05) is 45.3 Å². The van der Waals surface area contributed by atoms with Gasteiger partial charge in [0.05, 0.1) is 20.3 Å². The Balaban J connectivity index is 1.52. The normalized spacial score (nSPS) is 11.3. The van der Waals surface area contributed by atoms with Crippen LogP contribution in [0.25, 0.3) is 0 Å². The first kappa shape index (κ1) is 30.3. The molecule has 3 aromatic rings. The molecule has 3 rings (SSSR count). The van der Waals surface area contributed by atoms with Crippen molar-refractivity contribution >= 4 is 17.7 Å². The number of nitrogens with zero attached hydrogens (tertiary/aromatic N) is 1. The third kappa shape index (κ3) is 10.5. The number of carboxylic acids is 1. The molecule has 0 aliphatic heterocycles. The summed E-state index contributed by atoms with van der Waals surface area (Å²) in [5, 5.41) is 12.2. The zero-order chi connectivity index (χ0) is 28.6. The fraction of sp³-hybridized carbons (Fsp3) is 0.355. The lowest BCUT2D eigenvalue weighted by atomic mass is 10.1. The molecule has 0 heterocycles. The van der Waals surface area contributed by atoms with Gasteiger partial charge < -0.3 is 34.3 Å². The van der Waals surface area contributed by atoms with E-state index >= 15 is 0 Å². The highest BCUT2D eigenvalue weighted by Crippen LogP contribution is 2.18. The Morgan fingerprint density at radius 3 is 2.25 bits per heavy atom. The largest absolute Gasteiger partial charge is 0.497 e. The average Bonchev–Trinajstić information content (AvgIpc) is 2.97. The molecule has 0 saturated carbocycles. The molecule has 3 aromatic carbocycles. The first-order chi connectivity index (χ1) is 19.5. The Labute approximate surface area is 235 Å². The summed E-state index contributed by atoms with van der Waals surface area (Å²) in [6, 6.07) is 23.9. The first-order valence-electron chi connectivity index (χ1n) is 13.4. The molecule has 0 aliphatic rings. The van der Waals surface area contributed by atoms with Crippen molar-refractivity contribution in [3.63, 3.8) is 0 Å². The zero-order valence-electron chi connectivity index (χ0n) is 23.1. The second kappa shape index (κ2) is 16.7. The molecule has 1 unspecified atom stereocenters. The number of methoxy groups -OCH3 is 1. The minimum absolute atomic E-state index is 0.230. The molecule has 9 nitrogen and oxygen atoms in total. The van der Waals surface area contributed by atoms with E-state index in [1.54, 1.807) is 37.1 Å². The number of nitrogens with one attached hydrogen (secondary N) is 1. The minimum atomic E-state index is -0.985. The van der Waals surface area contributed by atoms with Gasteiger partial charge in [-0.3, -0.25) is 0 Å². The van der Waals surface area contributed by atoms with Gasteiger partial charge >= 0.3 is 12.0 Å². The predicted octanol–water partition coefficient (Wildman–Crippen LogP) is 5.50. The van der Waals surface area contributed by atoms with E-state index in [4.69, 9.17) is 18.9 Å². The van der Waals surface area contributed by atoms with E-state index in [2.05, 4.69) is 5.32 Å². The van der Waals surface area contributed by atoms with Gasteiger partial charge in [-0.2, -0.15) is 0 Å². The van der Waals surface area contributed by atoms with Gasteiger partial charge in [-0.25, -0.2) is 9.59 Å². The summed E-state index contributed by atoms with van der Waals surface area (Å²) < 4.78 is 22.2. The third-order valence-electron chi connectivity index (χ3n) is 6.06. The standard InChI is InChI=1S/C31H38N2O7/c1-3-38-29(30(34)35)22-24-14-16-27(17-15-24)40-21-19-33(18-7-8-20-39-26-11-5-4-6-12-26)31(36)32-25-10-9-13-28(23-25)37-2/h4-6,9-17,23,29H,3,7-8,18-22H2,1-2H3,(H,32,36)(H,34,35). The number of ether oxygens (including phenoxy) is 4. The second-order valence-corrected chi connectivity index (χ2v) is 9.00. The van der Waals surface area contributed by atoms with Crippen LogP contribution in [0, 0.1) is 0 Å². The number of unbranched alkanes of at least 4 members (excludes halogenated alkanes) is 1. The summed E-state index contributed by atoms with van der Waals surface area (Å²) in [5.41, 5.74) is 1.48. The lowest BCUT2D eigenvalue weighted by Crippen LogP contribution is -2.38. The zero-order valence-corrected chi connectivity index (χ0v) is 23.1. The monoisotopic (exact) mass is 550 g/mol. The van der Waals surface area contributed by atoms with Gasteiger partial charge in [-0.1, -0.05) is 36.4 Å². The average molecular weight is 551 g/mol. The molecular formula is C31H38N2O7. The number of hydrogen-bond acceptors (Lipinski definition) is 6. The number of aliphatic carboxylic acids is 1. The molecule has 40 heavy (non-hydrogen) atoms. The Bertz CT molecular complexity index is 1170. The van der Waals surface area contributed by atoms with E-state index in [0.717, 1.165) is 24.2 Å². The number of carbonyl (C=O) groups is 2. The van der Waals surface area contributed by atoms with Crippen LogP contribution in [0.4, 0.5) is 10.5 Å². The van der Waals surface area contributed by atoms with Crippen LogP contribution in [-0.2, 0) is 16.0 Å². The van der Waals surface area contributed by atoms with E-state index in [1.165, 1.54) is 0 Å². The maximum Gasteiger partial charge on any atom is 0.333 e. The second-order valence-electron chi connectivity index (χ2n) is 9.00. The maximum atomic E-state index is 13.1. The van der Waals surface area contributed by atoms with Crippen molar-refractivity contribution in [3.8, 4) is 17.2 Å². The first-order valence-corrected chi connectivity index (χ1v) is 13.4. The number of benzene rings is 3. The number of urea groups is 1. The number of anilines is 1. The number of amides is 2. The van der Waals surface area contributed by atoms with E-state index in [-0.39, 0.29) is 12.5 Å². The highest BCUT2D eigenvalue weighted by atomic mass is 16.5. The molecule has 0 aromatic heterocycles. The van der Waals surface area contributed by atoms with Crippen LogP contribution in [-0.4, -0.2) is 68.1 Å². The lowest BCUT2D eigenvalue weighted by molar-refractivity contribution is -0.149. The fourth-order valence-corrected chi connectivity index (χ4v) is 3.96. The molecule has 0 spiro atoms. The van der Waals surface area contributed by atoms with Crippen LogP contribution in [0.15, 0.2) is 78.9 Å². The van der Waals surface area contributed by atoms with E-state index in [0.29, 0.717) is 50.1 Å². The van der Waals surface area contributed by atoms with Crippen molar-refractivity contribution in [2.45, 2.75) is 32.3 Å². The maximum absolute atomic E-state index is 13.1. The summed E-state index contributed by atoms with van der Waals surface area (Å²) in [6.45, 7) is 3.87. The summed E-state index contributed by atoms with van der Waals surface area (Å²) in [6.07, 6.45) is 0.943. The van der Waals surface area contributed by atoms with E-state index < -0.39 is 12.1 Å². The quantitative estimate of drug-likeness (QED) is 0.214. The summed E-state index contributed by atoms with van der Waals surface area (Å²) >= 11 is 0. The predicted molar refractivity (Wildman–Crippen MR) is 153 cm³/mol. The Kier molecular flexibility index (Phi) is 12.6. The van der Waals surface area contributed by atoms with Crippen molar-refractivity contribution in [2.24, 2.45) is 0 Å². The van der Waals surface area contributed by atoms with Crippen LogP contribution >= 0.6 is 0 Å². The Hall–Kier alpha value is -4.24. The van der Waals surface area contributed by atoms with Crippen molar-refractivity contribution in [1.29, 1.82) is 0 Å². The Morgan fingerprint density at radius 1 is 0.850 bits per heavy atom. The smallest absolute Gasteiger partial charge is 0.333 e. The van der Waals surface area contributed by atoms with Crippen LogP contribution in [0.5, 0.6) is 17.2 Å². The number of carbonyl (C=O) groups excluding carboxylic acids is 1. The van der Waals surface area contributed by atoms with Crippen LogP contribution in [0.1, 0.15) is 25.3 Å². The van der Waals surface area contributed by atoms with Crippen molar-refractivity contribution < 1.29 is 33.6 Å². The van der Waals surface area contributed by atoms with Gasteiger partial charge in [0.1, 0.15) is 23.9 Å². The molecule has 0 radical (unpaired) electrons. The van der Waals surface area contributed by atoms with Gasteiger partial charge in [-0.15, -0.1) is 0 Å². The summed E-state index contributed by atoms with van der Waals surface area (Å²) in [7, 11) is 1.58. The molecule has 1 atom stereocenters. The SMILES string of the molecule is CCOC(Cc1ccc(OCCN(CCCCOc2ccccc2)C(=O)Nc2cccc(OC)c2)cc1)C(=O)O. The van der Waals surface area contributed by atoms with Gasteiger partial charge in [0.2, 0.25) is 0 Å².